The van der Waals surface area contributed by atoms with Crippen LogP contribution in [0.4, 0.5) is 0 Å². The van der Waals surface area contributed by atoms with Gasteiger partial charge in [-0.15, -0.1) is 0 Å². The van der Waals surface area contributed by atoms with Crippen LogP contribution in [0.1, 0.15) is 25.0 Å². The Labute approximate surface area is 202 Å². The fourth-order valence-corrected chi connectivity index (χ4v) is 5.73. The first kappa shape index (κ1) is 26.1. The number of methoxy groups -OCH3 is 1. The van der Waals surface area contributed by atoms with Crippen molar-refractivity contribution in [1.29, 1.82) is 0 Å². The molecular formula is C25H33N3O5S. The van der Waals surface area contributed by atoms with Crippen LogP contribution in [0, 0.1) is 17.8 Å². The first-order valence-electron chi connectivity index (χ1n) is 11.2. The number of hydrogen-bond donors (Lipinski definition) is 1. The van der Waals surface area contributed by atoms with Crippen LogP contribution in [-0.4, -0.2) is 80.3 Å². The molecule has 1 N–H and O–H groups in total. The lowest BCUT2D eigenvalue weighted by molar-refractivity contribution is 0.0733. The van der Waals surface area contributed by atoms with Gasteiger partial charge in [-0.05, 0) is 43.8 Å². The summed E-state index contributed by atoms with van der Waals surface area (Å²) in [6.07, 6.45) is 3.29. The lowest BCUT2D eigenvalue weighted by atomic mass is 10.0. The largest absolute Gasteiger partial charge is 0.487 e. The zero-order chi connectivity index (χ0) is 24.7. The summed E-state index contributed by atoms with van der Waals surface area (Å²) in [5, 5.41) is 9.77. The van der Waals surface area contributed by atoms with Crippen molar-refractivity contribution in [3.8, 4) is 17.6 Å². The Morgan fingerprint density at radius 1 is 1.38 bits per heavy atom. The topological polar surface area (TPSA) is 92.2 Å². The number of aliphatic hydroxyl groups is 1. The van der Waals surface area contributed by atoms with E-state index < -0.39 is 16.1 Å². The number of sulfonamides is 1. The molecule has 184 valence electrons. The van der Waals surface area contributed by atoms with Crippen LogP contribution in [0.25, 0.3) is 0 Å². The molecule has 0 radical (unpaired) electrons. The molecule has 1 aliphatic heterocycles. The highest BCUT2D eigenvalue weighted by atomic mass is 32.2. The van der Waals surface area contributed by atoms with Crippen molar-refractivity contribution < 1.29 is 23.0 Å². The molecule has 0 spiro atoms. The Bertz CT molecular complexity index is 1110. The second kappa shape index (κ2) is 11.8. The van der Waals surface area contributed by atoms with Crippen molar-refractivity contribution in [2.45, 2.75) is 37.4 Å². The van der Waals surface area contributed by atoms with Crippen molar-refractivity contribution >= 4 is 10.0 Å². The lowest BCUT2D eigenvalue weighted by Crippen LogP contribution is -2.49. The number of nitrogens with zero attached hydrogens (tertiary/aromatic N) is 3. The van der Waals surface area contributed by atoms with Crippen LogP contribution in [0.3, 0.4) is 0 Å². The zero-order valence-electron chi connectivity index (χ0n) is 20.1. The maximum absolute atomic E-state index is 13.5. The third-order valence-corrected chi connectivity index (χ3v) is 7.80. The maximum atomic E-state index is 13.5. The van der Waals surface area contributed by atoms with E-state index in [4.69, 9.17) is 9.47 Å². The van der Waals surface area contributed by atoms with E-state index >= 15 is 0 Å². The fourth-order valence-electron chi connectivity index (χ4n) is 3.91. The predicted molar refractivity (Wildman–Crippen MR) is 130 cm³/mol. The van der Waals surface area contributed by atoms with E-state index in [1.54, 1.807) is 32.4 Å². The molecule has 0 saturated heterocycles. The molecule has 0 bridgehead atoms. The molecule has 0 saturated carbocycles. The van der Waals surface area contributed by atoms with E-state index in [0.717, 1.165) is 5.56 Å². The number of fused-ring (bicyclic) bond motifs is 1. The SMILES string of the molecule is COCC#Cc1ccc2c(c1)O[C@H](CN(C)Cc1cccnc1)[C@H](C)CN([C@H](C)CO)S2(=O)=O. The van der Waals surface area contributed by atoms with Gasteiger partial charge in [0, 0.05) is 56.7 Å². The second-order valence-corrected chi connectivity index (χ2v) is 10.6. The van der Waals surface area contributed by atoms with Gasteiger partial charge in [0.15, 0.2) is 0 Å². The third-order valence-electron chi connectivity index (χ3n) is 5.78. The molecule has 1 aliphatic rings. The number of pyridine rings is 1. The highest BCUT2D eigenvalue weighted by molar-refractivity contribution is 7.89. The number of ether oxygens (including phenoxy) is 2. The summed E-state index contributed by atoms with van der Waals surface area (Å²) < 4.78 is 39.8. The van der Waals surface area contributed by atoms with Crippen LogP contribution < -0.4 is 4.74 Å². The molecule has 0 amide bonds. The Kier molecular flexibility index (Phi) is 9.05. The highest BCUT2D eigenvalue weighted by Crippen LogP contribution is 2.34. The number of benzene rings is 1. The minimum Gasteiger partial charge on any atom is -0.487 e. The second-order valence-electron chi connectivity index (χ2n) is 8.69. The molecule has 1 aromatic heterocycles. The fraction of sp³-hybridized carbons (Fsp3) is 0.480. The smallest absolute Gasteiger partial charge is 0.247 e. The molecule has 34 heavy (non-hydrogen) atoms. The molecule has 0 fully saturated rings. The van der Waals surface area contributed by atoms with E-state index in [0.29, 0.717) is 18.7 Å². The third kappa shape index (κ3) is 6.34. The average Bonchev–Trinajstić information content (AvgIpc) is 2.81. The van der Waals surface area contributed by atoms with E-state index in [-0.39, 0.29) is 42.4 Å². The summed E-state index contributed by atoms with van der Waals surface area (Å²) in [7, 11) is -0.310. The van der Waals surface area contributed by atoms with Gasteiger partial charge in [0.25, 0.3) is 0 Å². The number of rotatable bonds is 7. The number of likely N-dealkylation sites (N-methyl/N-ethyl adjacent to an activating group) is 1. The summed E-state index contributed by atoms with van der Waals surface area (Å²) in [6, 6.07) is 8.23. The van der Waals surface area contributed by atoms with Gasteiger partial charge in [0.05, 0.1) is 6.61 Å². The number of aliphatic hydroxyl groups excluding tert-OH is 1. The minimum atomic E-state index is -3.88. The molecule has 0 unspecified atom stereocenters. The predicted octanol–water partition coefficient (Wildman–Crippen LogP) is 1.98. The first-order chi connectivity index (χ1) is 16.3. The van der Waals surface area contributed by atoms with Gasteiger partial charge in [-0.25, -0.2) is 8.42 Å². The van der Waals surface area contributed by atoms with Crippen LogP contribution in [0.2, 0.25) is 0 Å². The van der Waals surface area contributed by atoms with E-state index in [1.165, 1.54) is 10.4 Å². The molecular weight excluding hydrogens is 454 g/mol. The van der Waals surface area contributed by atoms with Gasteiger partial charge in [-0.2, -0.15) is 4.31 Å². The molecule has 8 nitrogen and oxygen atoms in total. The lowest BCUT2D eigenvalue weighted by Gasteiger charge is -2.37. The van der Waals surface area contributed by atoms with Crippen molar-refractivity contribution in [3.63, 3.8) is 0 Å². The Morgan fingerprint density at radius 2 is 2.18 bits per heavy atom. The van der Waals surface area contributed by atoms with Crippen LogP contribution >= 0.6 is 0 Å². The van der Waals surface area contributed by atoms with Crippen molar-refractivity contribution in [1.82, 2.24) is 14.2 Å². The molecule has 9 heteroatoms. The molecule has 2 aromatic rings. The zero-order valence-corrected chi connectivity index (χ0v) is 21.0. The molecule has 3 rings (SSSR count). The van der Waals surface area contributed by atoms with E-state index in [2.05, 4.69) is 21.7 Å². The Morgan fingerprint density at radius 3 is 2.85 bits per heavy atom. The van der Waals surface area contributed by atoms with Crippen LogP contribution in [0.5, 0.6) is 5.75 Å². The maximum Gasteiger partial charge on any atom is 0.247 e. The number of aromatic nitrogens is 1. The summed E-state index contributed by atoms with van der Waals surface area (Å²) in [5.41, 5.74) is 1.72. The van der Waals surface area contributed by atoms with E-state index in [1.807, 2.05) is 32.3 Å². The summed E-state index contributed by atoms with van der Waals surface area (Å²) in [4.78, 5) is 6.39. The standard InChI is InChI=1S/C25H33N3O5S/c1-19-15-28(20(2)18-29)34(30,31)25-10-9-21(8-6-12-32-4)13-23(25)33-24(19)17-27(3)16-22-7-5-11-26-14-22/h5,7,9-11,13-14,19-20,24,29H,12,15-18H2,1-4H3/t19-,20-,24-/m1/s1. The van der Waals surface area contributed by atoms with Gasteiger partial charge in [-0.1, -0.05) is 24.8 Å². The quantitative estimate of drug-likeness (QED) is 0.597. The highest BCUT2D eigenvalue weighted by Gasteiger charge is 2.38. The van der Waals surface area contributed by atoms with Crippen LogP contribution in [-0.2, 0) is 21.3 Å². The monoisotopic (exact) mass is 487 g/mol. The van der Waals surface area contributed by atoms with Gasteiger partial charge in [-0.3, -0.25) is 9.88 Å². The van der Waals surface area contributed by atoms with Gasteiger partial charge < -0.3 is 14.6 Å². The molecule has 1 aromatic carbocycles. The summed E-state index contributed by atoms with van der Waals surface area (Å²) >= 11 is 0. The molecule has 3 atom stereocenters. The van der Waals surface area contributed by atoms with E-state index in [9.17, 15) is 13.5 Å². The Hall–Kier alpha value is -2.48. The van der Waals surface area contributed by atoms with Crippen LogP contribution in [0.15, 0.2) is 47.6 Å². The molecule has 0 aliphatic carbocycles. The molecule has 2 heterocycles. The minimum absolute atomic E-state index is 0.0805. The Balaban J connectivity index is 1.97. The number of hydrogen-bond acceptors (Lipinski definition) is 7. The van der Waals surface area contributed by atoms with Gasteiger partial charge in [0.2, 0.25) is 10.0 Å². The normalized spacial score (nSPS) is 20.9. The van der Waals surface area contributed by atoms with Crippen molar-refractivity contribution in [3.05, 3.63) is 53.9 Å². The van der Waals surface area contributed by atoms with Gasteiger partial charge in [0.1, 0.15) is 23.4 Å². The average molecular weight is 488 g/mol. The summed E-state index contributed by atoms with van der Waals surface area (Å²) in [5.74, 6) is 6.01. The summed E-state index contributed by atoms with van der Waals surface area (Å²) in [6.45, 7) is 5.19. The first-order valence-corrected chi connectivity index (χ1v) is 12.7. The van der Waals surface area contributed by atoms with Crippen molar-refractivity contribution in [2.24, 2.45) is 5.92 Å². The van der Waals surface area contributed by atoms with Crippen molar-refractivity contribution in [2.75, 3.05) is 40.5 Å². The van der Waals surface area contributed by atoms with Gasteiger partial charge >= 0.3 is 0 Å².